The SMILES string of the molecule is Cc1cccc(-n2ncc(NC(=O)N3CC4CCCN4CC3C)c2C)c1. The molecule has 0 aliphatic carbocycles. The predicted octanol–water partition coefficient (Wildman–Crippen LogP) is 3.19. The molecule has 2 saturated heterocycles. The van der Waals surface area contributed by atoms with E-state index in [0.717, 1.165) is 30.2 Å². The highest BCUT2D eigenvalue weighted by Gasteiger charge is 2.36. The number of benzene rings is 1. The van der Waals surface area contributed by atoms with Crippen LogP contribution in [0.1, 0.15) is 31.0 Å². The van der Waals surface area contributed by atoms with Gasteiger partial charge in [0.05, 0.1) is 23.3 Å². The third-order valence-electron chi connectivity index (χ3n) is 5.70. The minimum Gasteiger partial charge on any atom is -0.319 e. The maximum absolute atomic E-state index is 12.9. The van der Waals surface area contributed by atoms with Gasteiger partial charge in [0, 0.05) is 25.2 Å². The molecule has 2 amide bonds. The monoisotopic (exact) mass is 353 g/mol. The summed E-state index contributed by atoms with van der Waals surface area (Å²) in [4.78, 5) is 17.4. The van der Waals surface area contributed by atoms with Gasteiger partial charge in [-0.2, -0.15) is 5.10 Å². The van der Waals surface area contributed by atoms with Gasteiger partial charge in [0.25, 0.3) is 0 Å². The van der Waals surface area contributed by atoms with Crippen molar-refractivity contribution < 1.29 is 4.79 Å². The van der Waals surface area contributed by atoms with Crippen molar-refractivity contribution in [2.45, 2.75) is 45.7 Å². The van der Waals surface area contributed by atoms with Crippen LogP contribution < -0.4 is 5.32 Å². The van der Waals surface area contributed by atoms with Crippen LogP contribution in [0.3, 0.4) is 0 Å². The second-order valence-corrected chi connectivity index (χ2v) is 7.62. The quantitative estimate of drug-likeness (QED) is 0.902. The summed E-state index contributed by atoms with van der Waals surface area (Å²) in [7, 11) is 0. The zero-order valence-corrected chi connectivity index (χ0v) is 15.8. The van der Waals surface area contributed by atoms with Crippen molar-refractivity contribution in [1.29, 1.82) is 0 Å². The van der Waals surface area contributed by atoms with Crippen molar-refractivity contribution in [1.82, 2.24) is 19.6 Å². The van der Waals surface area contributed by atoms with Gasteiger partial charge in [-0.05, 0) is 57.9 Å². The fourth-order valence-electron chi connectivity index (χ4n) is 4.21. The highest BCUT2D eigenvalue weighted by Crippen LogP contribution is 2.26. The standard InChI is InChI=1S/C20H27N5O/c1-14-6-4-7-17(10-14)25-16(3)19(11-21-25)22-20(26)24-13-18-8-5-9-23(18)12-15(24)2/h4,6-7,10-11,15,18H,5,8-9,12-13H2,1-3H3,(H,22,26). The maximum atomic E-state index is 12.9. The first-order chi connectivity index (χ1) is 12.5. The lowest BCUT2D eigenvalue weighted by Gasteiger charge is -2.42. The Kier molecular flexibility index (Phi) is 4.44. The summed E-state index contributed by atoms with van der Waals surface area (Å²) in [5.74, 6) is 0. The van der Waals surface area contributed by atoms with E-state index in [1.807, 2.05) is 28.6 Å². The summed E-state index contributed by atoms with van der Waals surface area (Å²) in [6.45, 7) is 9.15. The van der Waals surface area contributed by atoms with Crippen LogP contribution in [-0.4, -0.2) is 57.3 Å². The topological polar surface area (TPSA) is 53.4 Å². The van der Waals surface area contributed by atoms with Gasteiger partial charge >= 0.3 is 6.03 Å². The first kappa shape index (κ1) is 17.1. The zero-order valence-electron chi connectivity index (χ0n) is 15.8. The molecule has 0 saturated carbocycles. The molecule has 6 heteroatoms. The van der Waals surface area contributed by atoms with E-state index in [1.54, 1.807) is 6.20 Å². The second-order valence-electron chi connectivity index (χ2n) is 7.62. The number of nitrogens with zero attached hydrogens (tertiary/aromatic N) is 4. The van der Waals surface area contributed by atoms with Crippen LogP contribution in [0.15, 0.2) is 30.5 Å². The summed E-state index contributed by atoms with van der Waals surface area (Å²) in [6, 6.07) is 8.94. The lowest BCUT2D eigenvalue weighted by molar-refractivity contribution is 0.0861. The molecule has 0 spiro atoms. The van der Waals surface area contributed by atoms with Gasteiger partial charge in [-0.25, -0.2) is 9.48 Å². The number of rotatable bonds is 2. The normalized spacial score (nSPS) is 23.1. The average molecular weight is 353 g/mol. The zero-order chi connectivity index (χ0) is 18.3. The fraction of sp³-hybridized carbons (Fsp3) is 0.500. The van der Waals surface area contributed by atoms with Crippen molar-refractivity contribution in [2.24, 2.45) is 0 Å². The molecule has 26 heavy (non-hydrogen) atoms. The number of carbonyl (C=O) groups is 1. The Bertz CT molecular complexity index is 814. The lowest BCUT2D eigenvalue weighted by atomic mass is 10.1. The van der Waals surface area contributed by atoms with E-state index in [0.29, 0.717) is 6.04 Å². The lowest BCUT2D eigenvalue weighted by Crippen LogP contribution is -2.57. The molecule has 2 aliphatic rings. The summed E-state index contributed by atoms with van der Waals surface area (Å²) in [5, 5.41) is 7.55. The Morgan fingerprint density at radius 1 is 1.27 bits per heavy atom. The van der Waals surface area contributed by atoms with E-state index in [-0.39, 0.29) is 12.1 Å². The van der Waals surface area contributed by atoms with E-state index in [1.165, 1.54) is 24.9 Å². The molecule has 0 bridgehead atoms. The molecule has 2 unspecified atom stereocenters. The number of piperazine rings is 1. The minimum absolute atomic E-state index is 0.0176. The third-order valence-corrected chi connectivity index (χ3v) is 5.70. The summed E-state index contributed by atoms with van der Waals surface area (Å²) in [6.07, 6.45) is 4.18. The molecule has 138 valence electrons. The molecular formula is C20H27N5O. The van der Waals surface area contributed by atoms with Gasteiger partial charge in [-0.3, -0.25) is 4.90 Å². The van der Waals surface area contributed by atoms with Crippen molar-refractivity contribution in [2.75, 3.05) is 25.0 Å². The van der Waals surface area contributed by atoms with Gasteiger partial charge in [0.15, 0.2) is 0 Å². The van der Waals surface area contributed by atoms with Crippen LogP contribution in [-0.2, 0) is 0 Å². The Hall–Kier alpha value is -2.34. The van der Waals surface area contributed by atoms with Gasteiger partial charge in [-0.15, -0.1) is 0 Å². The number of fused-ring (bicyclic) bond motifs is 1. The fourth-order valence-corrected chi connectivity index (χ4v) is 4.21. The van der Waals surface area contributed by atoms with Crippen LogP contribution in [0, 0.1) is 13.8 Å². The number of amides is 2. The average Bonchev–Trinajstić information content (AvgIpc) is 3.20. The largest absolute Gasteiger partial charge is 0.322 e. The molecule has 1 N–H and O–H groups in total. The predicted molar refractivity (Wildman–Crippen MR) is 103 cm³/mol. The molecule has 0 radical (unpaired) electrons. The molecule has 2 fully saturated rings. The van der Waals surface area contributed by atoms with Crippen molar-refractivity contribution in [3.8, 4) is 5.69 Å². The Balaban J connectivity index is 1.50. The van der Waals surface area contributed by atoms with E-state index in [4.69, 9.17) is 0 Å². The molecule has 1 aromatic heterocycles. The van der Waals surface area contributed by atoms with Gasteiger partial charge in [-0.1, -0.05) is 12.1 Å². The molecule has 2 aliphatic heterocycles. The molecular weight excluding hydrogens is 326 g/mol. The van der Waals surface area contributed by atoms with Crippen LogP contribution in [0.2, 0.25) is 0 Å². The molecule has 1 aromatic carbocycles. The number of hydrogen-bond donors (Lipinski definition) is 1. The molecule has 6 nitrogen and oxygen atoms in total. The second kappa shape index (κ2) is 6.76. The number of urea groups is 1. The van der Waals surface area contributed by atoms with E-state index >= 15 is 0 Å². The highest BCUT2D eigenvalue weighted by atomic mass is 16.2. The smallest absolute Gasteiger partial charge is 0.319 e. The van der Waals surface area contributed by atoms with Crippen molar-refractivity contribution in [3.05, 3.63) is 41.7 Å². The van der Waals surface area contributed by atoms with Gasteiger partial charge in [0.1, 0.15) is 0 Å². The molecule has 2 atom stereocenters. The first-order valence-electron chi connectivity index (χ1n) is 9.46. The number of aromatic nitrogens is 2. The summed E-state index contributed by atoms with van der Waals surface area (Å²) >= 11 is 0. The van der Waals surface area contributed by atoms with E-state index in [9.17, 15) is 4.79 Å². The summed E-state index contributed by atoms with van der Waals surface area (Å²) < 4.78 is 1.88. The van der Waals surface area contributed by atoms with Crippen LogP contribution >= 0.6 is 0 Å². The number of nitrogens with one attached hydrogen (secondary N) is 1. The Morgan fingerprint density at radius 2 is 2.12 bits per heavy atom. The van der Waals surface area contributed by atoms with Crippen molar-refractivity contribution >= 4 is 11.7 Å². The molecule has 4 rings (SSSR count). The van der Waals surface area contributed by atoms with Crippen LogP contribution in [0.25, 0.3) is 5.69 Å². The first-order valence-corrected chi connectivity index (χ1v) is 9.46. The number of carbonyl (C=O) groups excluding carboxylic acids is 1. The molecule has 3 heterocycles. The number of aryl methyl sites for hydroxylation is 1. The van der Waals surface area contributed by atoms with E-state index < -0.39 is 0 Å². The highest BCUT2D eigenvalue weighted by molar-refractivity contribution is 5.90. The van der Waals surface area contributed by atoms with E-state index in [2.05, 4.69) is 41.3 Å². The van der Waals surface area contributed by atoms with Gasteiger partial charge < -0.3 is 10.2 Å². The number of hydrogen-bond acceptors (Lipinski definition) is 3. The molecule has 2 aromatic rings. The Morgan fingerprint density at radius 3 is 2.92 bits per heavy atom. The van der Waals surface area contributed by atoms with Crippen molar-refractivity contribution in [3.63, 3.8) is 0 Å². The Labute approximate surface area is 154 Å². The minimum atomic E-state index is -0.0176. The van der Waals surface area contributed by atoms with Gasteiger partial charge in [0.2, 0.25) is 0 Å². The van der Waals surface area contributed by atoms with Crippen LogP contribution in [0.5, 0.6) is 0 Å². The summed E-state index contributed by atoms with van der Waals surface area (Å²) in [5.41, 5.74) is 3.91. The maximum Gasteiger partial charge on any atom is 0.322 e. The number of anilines is 1. The third kappa shape index (κ3) is 3.09. The van der Waals surface area contributed by atoms with Crippen LogP contribution in [0.4, 0.5) is 10.5 Å².